The summed E-state index contributed by atoms with van der Waals surface area (Å²) < 4.78 is 0. The number of rotatable bonds is 2. The van der Waals surface area contributed by atoms with Crippen LogP contribution in [-0.4, -0.2) is 20.7 Å². The van der Waals surface area contributed by atoms with E-state index in [4.69, 9.17) is 0 Å². The summed E-state index contributed by atoms with van der Waals surface area (Å²) in [5.41, 5.74) is 0.838. The quantitative estimate of drug-likeness (QED) is 0.701. The highest BCUT2D eigenvalue weighted by Gasteiger charge is 2.07. The van der Waals surface area contributed by atoms with Gasteiger partial charge in [-0.25, -0.2) is 15.0 Å². The number of carbonyl (C=O) groups excluding carboxylic acids is 1. The fraction of sp³-hybridized carbons (Fsp3) is 0.111. The Balaban J connectivity index is 2.39. The van der Waals surface area contributed by atoms with Gasteiger partial charge in [-0.05, 0) is 0 Å². The van der Waals surface area contributed by atoms with Crippen LogP contribution in [0.1, 0.15) is 16.6 Å². The van der Waals surface area contributed by atoms with E-state index in [2.05, 4.69) is 15.0 Å². The second kappa shape index (κ2) is 3.63. The molecule has 2 rings (SSSR count). The first-order valence-electron chi connectivity index (χ1n) is 3.99. The lowest BCUT2D eigenvalue weighted by molar-refractivity contribution is 0.102. The van der Waals surface area contributed by atoms with E-state index in [9.17, 15) is 4.79 Å². The van der Waals surface area contributed by atoms with Crippen molar-refractivity contribution in [2.24, 2.45) is 0 Å². The van der Waals surface area contributed by atoms with E-state index >= 15 is 0 Å². The molecule has 0 amide bonds. The Labute approximate surface area is 84.7 Å². The van der Waals surface area contributed by atoms with Gasteiger partial charge < -0.3 is 0 Å². The topological polar surface area (TPSA) is 55.7 Å². The molecule has 0 aliphatic rings. The van der Waals surface area contributed by atoms with Crippen LogP contribution in [-0.2, 0) is 0 Å². The average molecular weight is 205 g/mol. The van der Waals surface area contributed by atoms with E-state index in [-0.39, 0.29) is 5.78 Å². The molecule has 4 nitrogen and oxygen atoms in total. The second-order valence-electron chi connectivity index (χ2n) is 2.71. The van der Waals surface area contributed by atoms with Crippen LogP contribution in [0.2, 0.25) is 0 Å². The number of aromatic nitrogens is 3. The van der Waals surface area contributed by atoms with Crippen LogP contribution in [0.4, 0.5) is 0 Å². The molecule has 2 aromatic rings. The van der Waals surface area contributed by atoms with Crippen LogP contribution < -0.4 is 0 Å². The van der Waals surface area contributed by atoms with Crippen molar-refractivity contribution >= 4 is 17.1 Å². The number of nitrogens with zero attached hydrogens (tertiary/aromatic N) is 3. The molecule has 2 aromatic heterocycles. The van der Waals surface area contributed by atoms with E-state index in [0.717, 1.165) is 10.6 Å². The molecule has 70 valence electrons. The highest BCUT2D eigenvalue weighted by atomic mass is 32.1. The van der Waals surface area contributed by atoms with Crippen molar-refractivity contribution in [3.05, 3.63) is 29.8 Å². The summed E-state index contributed by atoms with van der Waals surface area (Å²) in [7, 11) is 0. The Morgan fingerprint density at radius 3 is 2.57 bits per heavy atom. The normalized spacial score (nSPS) is 10.1. The van der Waals surface area contributed by atoms with Gasteiger partial charge in [0.25, 0.3) is 0 Å². The molecule has 5 heteroatoms. The van der Waals surface area contributed by atoms with Gasteiger partial charge in [0.1, 0.15) is 11.3 Å². The summed E-state index contributed by atoms with van der Waals surface area (Å²) in [6.45, 7) is 1.53. The third-order valence-electron chi connectivity index (χ3n) is 1.66. The Morgan fingerprint density at radius 2 is 2.00 bits per heavy atom. The Bertz CT molecular complexity index is 452. The van der Waals surface area contributed by atoms with Crippen molar-refractivity contribution in [3.63, 3.8) is 0 Å². The van der Waals surface area contributed by atoms with E-state index < -0.39 is 0 Å². The molecule has 0 radical (unpaired) electrons. The molecule has 0 fully saturated rings. The maximum atomic E-state index is 11.0. The van der Waals surface area contributed by atoms with Crippen molar-refractivity contribution in [2.75, 3.05) is 0 Å². The molecular formula is C9H7N3OS. The lowest BCUT2D eigenvalue weighted by Crippen LogP contribution is -1.83. The fourth-order valence-corrected chi connectivity index (χ4v) is 1.77. The third kappa shape index (κ3) is 1.67. The lowest BCUT2D eigenvalue weighted by Gasteiger charge is -1.91. The summed E-state index contributed by atoms with van der Waals surface area (Å²) in [5, 5.41) is 0.774. The summed E-state index contributed by atoms with van der Waals surface area (Å²) in [6.07, 6.45) is 6.39. The first-order valence-corrected chi connectivity index (χ1v) is 4.81. The standard InChI is InChI=1S/C9H7N3OS/c1-6(13)8-4-12-9(14-8)7-2-10-5-11-3-7/h2-5H,1H3. The monoisotopic (exact) mass is 205 g/mol. The lowest BCUT2D eigenvalue weighted by atomic mass is 10.4. The van der Waals surface area contributed by atoms with Gasteiger partial charge in [0.05, 0.1) is 4.88 Å². The molecule has 0 spiro atoms. The zero-order chi connectivity index (χ0) is 9.97. The molecule has 0 N–H and O–H groups in total. The zero-order valence-corrected chi connectivity index (χ0v) is 8.28. The number of ketones is 1. The SMILES string of the molecule is CC(=O)c1cnc(-c2cncnc2)s1. The molecule has 0 bridgehead atoms. The van der Waals surface area contributed by atoms with Gasteiger partial charge in [-0.1, -0.05) is 0 Å². The summed E-state index contributed by atoms with van der Waals surface area (Å²) in [6, 6.07) is 0. The number of hydrogen-bond donors (Lipinski definition) is 0. The molecular weight excluding hydrogens is 198 g/mol. The fourth-order valence-electron chi connectivity index (χ4n) is 0.980. The molecule has 2 heterocycles. The first-order chi connectivity index (χ1) is 6.77. The molecule has 0 unspecified atom stereocenters. The minimum absolute atomic E-state index is 0.0330. The van der Waals surface area contributed by atoms with Gasteiger partial charge in [-0.3, -0.25) is 4.79 Å². The summed E-state index contributed by atoms with van der Waals surface area (Å²) >= 11 is 1.35. The highest BCUT2D eigenvalue weighted by molar-refractivity contribution is 7.16. The smallest absolute Gasteiger partial charge is 0.171 e. The molecule has 0 aliphatic carbocycles. The average Bonchev–Trinajstić information content (AvgIpc) is 2.68. The van der Waals surface area contributed by atoms with Crippen molar-refractivity contribution in [1.82, 2.24) is 15.0 Å². The van der Waals surface area contributed by atoms with Crippen molar-refractivity contribution < 1.29 is 4.79 Å². The Kier molecular flexibility index (Phi) is 2.32. The van der Waals surface area contributed by atoms with E-state index in [1.54, 1.807) is 18.6 Å². The second-order valence-corrected chi connectivity index (χ2v) is 3.74. The third-order valence-corrected chi connectivity index (χ3v) is 2.81. The van der Waals surface area contributed by atoms with Gasteiger partial charge in [-0.2, -0.15) is 0 Å². The summed E-state index contributed by atoms with van der Waals surface area (Å²) in [5.74, 6) is 0.0330. The molecule has 0 aromatic carbocycles. The zero-order valence-electron chi connectivity index (χ0n) is 7.47. The Hall–Kier alpha value is -1.62. The van der Waals surface area contributed by atoms with Crippen molar-refractivity contribution in [3.8, 4) is 10.6 Å². The van der Waals surface area contributed by atoms with Crippen LogP contribution in [0.25, 0.3) is 10.6 Å². The molecule has 0 saturated carbocycles. The van der Waals surface area contributed by atoms with Gasteiger partial charge in [-0.15, -0.1) is 11.3 Å². The first kappa shape index (κ1) is 8.96. The molecule has 14 heavy (non-hydrogen) atoms. The van der Waals surface area contributed by atoms with Gasteiger partial charge in [0, 0.05) is 31.1 Å². The predicted molar refractivity (Wildman–Crippen MR) is 53.1 cm³/mol. The number of carbonyl (C=O) groups is 1. The van der Waals surface area contributed by atoms with Crippen LogP contribution >= 0.6 is 11.3 Å². The number of thiazole rings is 1. The van der Waals surface area contributed by atoms with Gasteiger partial charge in [0.15, 0.2) is 5.78 Å². The molecule has 0 atom stereocenters. The van der Waals surface area contributed by atoms with Gasteiger partial charge >= 0.3 is 0 Å². The molecule has 0 saturated heterocycles. The minimum Gasteiger partial charge on any atom is -0.294 e. The van der Waals surface area contributed by atoms with Crippen LogP contribution in [0.5, 0.6) is 0 Å². The highest BCUT2D eigenvalue weighted by Crippen LogP contribution is 2.23. The van der Waals surface area contributed by atoms with Crippen LogP contribution in [0.15, 0.2) is 24.9 Å². The minimum atomic E-state index is 0.0330. The van der Waals surface area contributed by atoms with E-state index in [1.807, 2.05) is 0 Å². The predicted octanol–water partition coefficient (Wildman–Crippen LogP) is 1.80. The van der Waals surface area contributed by atoms with Crippen LogP contribution in [0, 0.1) is 0 Å². The largest absolute Gasteiger partial charge is 0.294 e. The van der Waals surface area contributed by atoms with Gasteiger partial charge in [0.2, 0.25) is 0 Å². The van der Waals surface area contributed by atoms with Crippen molar-refractivity contribution in [1.29, 1.82) is 0 Å². The van der Waals surface area contributed by atoms with Crippen LogP contribution in [0.3, 0.4) is 0 Å². The summed E-state index contributed by atoms with van der Waals surface area (Å²) in [4.78, 5) is 23.6. The maximum absolute atomic E-state index is 11.0. The van der Waals surface area contributed by atoms with E-state index in [0.29, 0.717) is 4.88 Å². The van der Waals surface area contributed by atoms with E-state index in [1.165, 1.54) is 24.6 Å². The molecule has 0 aliphatic heterocycles. The van der Waals surface area contributed by atoms with Crippen molar-refractivity contribution in [2.45, 2.75) is 6.92 Å². The Morgan fingerprint density at radius 1 is 1.29 bits per heavy atom. The number of Topliss-reactive ketones (excluding diaryl/α,β-unsaturated/α-hetero) is 1. The maximum Gasteiger partial charge on any atom is 0.171 e. The number of hydrogen-bond acceptors (Lipinski definition) is 5.